The molecule has 0 spiro atoms. The molecule has 3 heterocycles. The molecule has 0 unspecified atom stereocenters. The molecule has 3 rings (SSSR count). The monoisotopic (exact) mass is 273 g/mol. The first-order valence-electron chi connectivity index (χ1n) is 5.43. The third kappa shape index (κ3) is 2.36. The predicted octanol–water partition coefficient (Wildman–Crippen LogP) is 1.67. The topological polar surface area (TPSA) is 55.1 Å². The Morgan fingerprint density at radius 3 is 2.76 bits per heavy atom. The molecule has 17 heavy (non-hydrogen) atoms. The van der Waals surface area contributed by atoms with E-state index in [0.717, 1.165) is 37.4 Å². The van der Waals surface area contributed by atoms with Crippen molar-refractivity contribution in [2.75, 3.05) is 13.1 Å². The first kappa shape index (κ1) is 12.5. The fourth-order valence-electron chi connectivity index (χ4n) is 2.12. The van der Waals surface area contributed by atoms with Gasteiger partial charge in [-0.15, -0.1) is 22.6 Å². The van der Waals surface area contributed by atoms with Crippen LogP contribution in [-0.2, 0) is 0 Å². The largest absolute Gasteiger partial charge is 0.317 e. The molecule has 1 aliphatic heterocycles. The molecular formula is C10H13Cl2N5. The Morgan fingerprint density at radius 1 is 1.24 bits per heavy atom. The van der Waals surface area contributed by atoms with E-state index in [1.54, 1.807) is 10.6 Å². The van der Waals surface area contributed by atoms with E-state index in [1.807, 2.05) is 6.07 Å². The summed E-state index contributed by atoms with van der Waals surface area (Å²) in [6.07, 6.45) is 2.16. The lowest BCUT2D eigenvalue weighted by atomic mass is 9.97. The zero-order valence-corrected chi connectivity index (χ0v) is 10.7. The van der Waals surface area contributed by atoms with Crippen LogP contribution in [0.25, 0.3) is 5.65 Å². The maximum Gasteiger partial charge on any atom is 0.178 e. The molecule has 2 aromatic heterocycles. The summed E-state index contributed by atoms with van der Waals surface area (Å²) in [5, 5.41) is 16.4. The van der Waals surface area contributed by atoms with Crippen LogP contribution in [0.3, 0.4) is 0 Å². The van der Waals surface area contributed by atoms with Crippen LogP contribution in [-0.4, -0.2) is 32.9 Å². The Morgan fingerprint density at radius 2 is 2.00 bits per heavy atom. The van der Waals surface area contributed by atoms with Gasteiger partial charge < -0.3 is 5.32 Å². The summed E-state index contributed by atoms with van der Waals surface area (Å²) in [7, 11) is 0. The van der Waals surface area contributed by atoms with E-state index in [-0.39, 0.29) is 12.4 Å². The van der Waals surface area contributed by atoms with Crippen LogP contribution in [0.2, 0.25) is 5.15 Å². The Kier molecular flexibility index (Phi) is 3.81. The minimum Gasteiger partial charge on any atom is -0.317 e. The van der Waals surface area contributed by atoms with E-state index < -0.39 is 0 Å². The highest BCUT2D eigenvalue weighted by molar-refractivity contribution is 6.29. The highest BCUT2D eigenvalue weighted by atomic mass is 35.5. The van der Waals surface area contributed by atoms with E-state index in [1.165, 1.54) is 0 Å². The summed E-state index contributed by atoms with van der Waals surface area (Å²) in [6, 6.07) is 3.57. The van der Waals surface area contributed by atoms with Crippen LogP contribution in [0, 0.1) is 0 Å². The molecular weight excluding hydrogens is 261 g/mol. The van der Waals surface area contributed by atoms with Crippen molar-refractivity contribution in [2.24, 2.45) is 0 Å². The van der Waals surface area contributed by atoms with Crippen LogP contribution < -0.4 is 5.32 Å². The van der Waals surface area contributed by atoms with Gasteiger partial charge in [-0.2, -0.15) is 9.61 Å². The molecule has 1 aliphatic rings. The van der Waals surface area contributed by atoms with Gasteiger partial charge >= 0.3 is 0 Å². The van der Waals surface area contributed by atoms with Crippen molar-refractivity contribution in [1.82, 2.24) is 25.1 Å². The molecule has 2 aromatic rings. The number of aromatic nitrogens is 4. The summed E-state index contributed by atoms with van der Waals surface area (Å²) < 4.78 is 1.76. The van der Waals surface area contributed by atoms with Gasteiger partial charge in [0.15, 0.2) is 11.5 Å². The van der Waals surface area contributed by atoms with Crippen molar-refractivity contribution in [1.29, 1.82) is 0 Å². The average Bonchev–Trinajstić information content (AvgIpc) is 2.73. The molecule has 0 radical (unpaired) electrons. The van der Waals surface area contributed by atoms with E-state index in [4.69, 9.17) is 11.6 Å². The minimum atomic E-state index is 0. The molecule has 0 saturated carbocycles. The van der Waals surface area contributed by atoms with E-state index in [9.17, 15) is 0 Å². The third-order valence-corrected chi connectivity index (χ3v) is 3.16. The van der Waals surface area contributed by atoms with Crippen molar-refractivity contribution in [3.05, 3.63) is 23.1 Å². The van der Waals surface area contributed by atoms with Crippen molar-refractivity contribution in [3.8, 4) is 0 Å². The van der Waals surface area contributed by atoms with Gasteiger partial charge in [0, 0.05) is 5.92 Å². The van der Waals surface area contributed by atoms with E-state index >= 15 is 0 Å². The lowest BCUT2D eigenvalue weighted by Crippen LogP contribution is -2.27. The normalized spacial score (nSPS) is 17.0. The number of hydrogen-bond donors (Lipinski definition) is 1. The van der Waals surface area contributed by atoms with Crippen LogP contribution in [0.15, 0.2) is 12.1 Å². The van der Waals surface area contributed by atoms with E-state index in [0.29, 0.717) is 11.1 Å². The summed E-state index contributed by atoms with van der Waals surface area (Å²) >= 11 is 5.89. The zero-order valence-electron chi connectivity index (χ0n) is 9.14. The number of hydrogen-bond acceptors (Lipinski definition) is 4. The maximum atomic E-state index is 5.89. The van der Waals surface area contributed by atoms with Crippen molar-refractivity contribution in [3.63, 3.8) is 0 Å². The van der Waals surface area contributed by atoms with Crippen LogP contribution in [0.5, 0.6) is 0 Å². The number of piperidine rings is 1. The summed E-state index contributed by atoms with van der Waals surface area (Å²) in [5.41, 5.74) is 0.762. The third-order valence-electron chi connectivity index (χ3n) is 2.96. The Hall–Kier alpha value is -0.910. The fourth-order valence-corrected chi connectivity index (χ4v) is 2.26. The van der Waals surface area contributed by atoms with Gasteiger partial charge in [0.2, 0.25) is 0 Å². The standard InChI is InChI=1S/C10H12ClN5.ClH/c11-8-1-2-9-13-14-10(16(9)15-8)7-3-5-12-6-4-7;/h1-2,7,12H,3-6H2;1H. The molecule has 1 fully saturated rings. The average molecular weight is 274 g/mol. The molecule has 1 saturated heterocycles. The predicted molar refractivity (Wildman–Crippen MR) is 67.9 cm³/mol. The van der Waals surface area contributed by atoms with Gasteiger partial charge in [-0.05, 0) is 38.1 Å². The maximum absolute atomic E-state index is 5.89. The number of nitrogens with zero attached hydrogens (tertiary/aromatic N) is 4. The second-order valence-corrected chi connectivity index (χ2v) is 4.40. The first-order chi connectivity index (χ1) is 7.84. The Labute approximate surface area is 110 Å². The van der Waals surface area contributed by atoms with Gasteiger partial charge in [0.25, 0.3) is 0 Å². The molecule has 0 bridgehead atoms. The number of rotatable bonds is 1. The lowest BCUT2D eigenvalue weighted by Gasteiger charge is -2.20. The van der Waals surface area contributed by atoms with Gasteiger partial charge in [-0.3, -0.25) is 0 Å². The number of fused-ring (bicyclic) bond motifs is 1. The molecule has 0 amide bonds. The van der Waals surface area contributed by atoms with Gasteiger partial charge in [-0.25, -0.2) is 0 Å². The summed E-state index contributed by atoms with van der Waals surface area (Å²) in [4.78, 5) is 0. The highest BCUT2D eigenvalue weighted by Crippen LogP contribution is 2.23. The molecule has 0 aliphatic carbocycles. The molecule has 5 nitrogen and oxygen atoms in total. The van der Waals surface area contributed by atoms with Crippen molar-refractivity contribution >= 4 is 29.7 Å². The lowest BCUT2D eigenvalue weighted by molar-refractivity contribution is 0.439. The summed E-state index contributed by atoms with van der Waals surface area (Å²) in [6.45, 7) is 2.06. The van der Waals surface area contributed by atoms with Crippen molar-refractivity contribution in [2.45, 2.75) is 18.8 Å². The first-order valence-corrected chi connectivity index (χ1v) is 5.81. The second-order valence-electron chi connectivity index (χ2n) is 4.01. The molecule has 92 valence electrons. The van der Waals surface area contributed by atoms with E-state index in [2.05, 4.69) is 20.6 Å². The fraction of sp³-hybridized carbons (Fsp3) is 0.500. The second kappa shape index (κ2) is 5.16. The SMILES string of the molecule is Cl.Clc1ccc2nnc(C3CCNCC3)n2n1. The number of nitrogens with one attached hydrogen (secondary N) is 1. The Balaban J connectivity index is 0.00000108. The van der Waals surface area contributed by atoms with Crippen molar-refractivity contribution < 1.29 is 0 Å². The zero-order chi connectivity index (χ0) is 11.0. The van der Waals surface area contributed by atoms with Gasteiger partial charge in [0.05, 0.1) is 0 Å². The highest BCUT2D eigenvalue weighted by Gasteiger charge is 2.21. The van der Waals surface area contributed by atoms with Crippen LogP contribution in [0.1, 0.15) is 24.6 Å². The molecule has 0 atom stereocenters. The Bertz CT molecular complexity index is 506. The van der Waals surface area contributed by atoms with Crippen LogP contribution >= 0.6 is 24.0 Å². The molecule has 7 heteroatoms. The molecule has 1 N–H and O–H groups in total. The van der Waals surface area contributed by atoms with Gasteiger partial charge in [0.1, 0.15) is 5.15 Å². The minimum absolute atomic E-state index is 0. The smallest absolute Gasteiger partial charge is 0.178 e. The number of halogens is 2. The summed E-state index contributed by atoms with van der Waals surface area (Å²) in [5.74, 6) is 1.36. The van der Waals surface area contributed by atoms with Gasteiger partial charge in [-0.1, -0.05) is 11.6 Å². The molecule has 0 aromatic carbocycles. The van der Waals surface area contributed by atoms with Crippen LogP contribution in [0.4, 0.5) is 0 Å². The quantitative estimate of drug-likeness (QED) is 0.859.